The van der Waals surface area contributed by atoms with Crippen LogP contribution >= 0.6 is 0 Å². The van der Waals surface area contributed by atoms with E-state index in [1.807, 2.05) is 12.1 Å². The lowest BCUT2D eigenvalue weighted by Gasteiger charge is -2.14. The maximum atomic E-state index is 5.79. The van der Waals surface area contributed by atoms with Crippen LogP contribution in [0.25, 0.3) is 0 Å². The summed E-state index contributed by atoms with van der Waals surface area (Å²) in [4.78, 5) is 0. The Bertz CT molecular complexity index is 623. The van der Waals surface area contributed by atoms with Crippen LogP contribution in [0.15, 0.2) is 42.5 Å². The van der Waals surface area contributed by atoms with Crippen LogP contribution in [0.2, 0.25) is 0 Å². The summed E-state index contributed by atoms with van der Waals surface area (Å²) in [6.45, 7) is 8.77. The van der Waals surface area contributed by atoms with Crippen molar-refractivity contribution in [1.29, 1.82) is 0 Å². The molecule has 2 aromatic carbocycles. The van der Waals surface area contributed by atoms with Crippen molar-refractivity contribution in [2.75, 3.05) is 13.7 Å². The van der Waals surface area contributed by atoms with Gasteiger partial charge in [0.15, 0.2) is 11.5 Å². The van der Waals surface area contributed by atoms with Crippen LogP contribution in [0.5, 0.6) is 11.5 Å². The standard InChI is InChI=1S/C20H27NO2/c1-15(2)14-23-19-10-9-17(11-20(19)22-4)12-21-13-18-8-6-5-7-16(18)3/h5-11,15,21H,12-14H2,1-4H3. The van der Waals surface area contributed by atoms with Gasteiger partial charge in [-0.2, -0.15) is 0 Å². The molecule has 0 saturated carbocycles. The summed E-state index contributed by atoms with van der Waals surface area (Å²) in [6.07, 6.45) is 0. The first kappa shape index (κ1) is 17.4. The third-order valence-corrected chi connectivity index (χ3v) is 3.71. The SMILES string of the molecule is COc1cc(CNCc2ccccc2C)ccc1OCC(C)C. The lowest BCUT2D eigenvalue weighted by molar-refractivity contribution is 0.256. The second kappa shape index (κ2) is 8.59. The monoisotopic (exact) mass is 313 g/mol. The average molecular weight is 313 g/mol. The Kier molecular flexibility index (Phi) is 6.48. The third-order valence-electron chi connectivity index (χ3n) is 3.71. The highest BCUT2D eigenvalue weighted by Crippen LogP contribution is 2.28. The molecular formula is C20H27NO2. The minimum absolute atomic E-state index is 0.496. The van der Waals surface area contributed by atoms with Crippen LogP contribution in [-0.2, 0) is 13.1 Å². The van der Waals surface area contributed by atoms with Gasteiger partial charge in [0.2, 0.25) is 0 Å². The van der Waals surface area contributed by atoms with E-state index in [-0.39, 0.29) is 0 Å². The molecule has 3 nitrogen and oxygen atoms in total. The molecule has 124 valence electrons. The van der Waals surface area contributed by atoms with Gasteiger partial charge in [0.05, 0.1) is 13.7 Å². The minimum atomic E-state index is 0.496. The first-order chi connectivity index (χ1) is 11.1. The predicted octanol–water partition coefficient (Wildman–Crippen LogP) is 4.33. The van der Waals surface area contributed by atoms with Gasteiger partial charge >= 0.3 is 0 Å². The van der Waals surface area contributed by atoms with E-state index in [1.54, 1.807) is 7.11 Å². The van der Waals surface area contributed by atoms with Crippen molar-refractivity contribution in [2.45, 2.75) is 33.9 Å². The molecule has 0 heterocycles. The quantitative estimate of drug-likeness (QED) is 0.787. The number of aryl methyl sites for hydroxylation is 1. The van der Waals surface area contributed by atoms with E-state index in [2.05, 4.69) is 56.4 Å². The topological polar surface area (TPSA) is 30.5 Å². The molecule has 0 amide bonds. The Hall–Kier alpha value is -2.00. The fourth-order valence-corrected chi connectivity index (χ4v) is 2.35. The van der Waals surface area contributed by atoms with Crippen LogP contribution in [-0.4, -0.2) is 13.7 Å². The normalized spacial score (nSPS) is 10.8. The molecule has 2 aromatic rings. The average Bonchev–Trinajstić information content (AvgIpc) is 2.55. The maximum absolute atomic E-state index is 5.79. The summed E-state index contributed by atoms with van der Waals surface area (Å²) < 4.78 is 11.2. The van der Waals surface area contributed by atoms with Crippen molar-refractivity contribution in [3.8, 4) is 11.5 Å². The zero-order valence-electron chi connectivity index (χ0n) is 14.6. The molecule has 0 bridgehead atoms. The van der Waals surface area contributed by atoms with Gasteiger partial charge in [-0.05, 0) is 41.7 Å². The third kappa shape index (κ3) is 5.29. The number of benzene rings is 2. The molecule has 0 aliphatic carbocycles. The van der Waals surface area contributed by atoms with E-state index < -0.39 is 0 Å². The fraction of sp³-hybridized carbons (Fsp3) is 0.400. The molecule has 0 spiro atoms. The van der Waals surface area contributed by atoms with Crippen molar-refractivity contribution in [1.82, 2.24) is 5.32 Å². The molecule has 23 heavy (non-hydrogen) atoms. The predicted molar refractivity (Wildman–Crippen MR) is 95.0 cm³/mol. The second-order valence-electron chi connectivity index (χ2n) is 6.22. The van der Waals surface area contributed by atoms with Crippen molar-refractivity contribution in [3.05, 3.63) is 59.2 Å². The Morgan fingerprint density at radius 2 is 1.78 bits per heavy atom. The molecular weight excluding hydrogens is 286 g/mol. The highest BCUT2D eigenvalue weighted by atomic mass is 16.5. The fourth-order valence-electron chi connectivity index (χ4n) is 2.35. The lowest BCUT2D eigenvalue weighted by atomic mass is 10.1. The number of methoxy groups -OCH3 is 1. The van der Waals surface area contributed by atoms with E-state index in [0.717, 1.165) is 24.6 Å². The Morgan fingerprint density at radius 1 is 1.00 bits per heavy atom. The van der Waals surface area contributed by atoms with Crippen molar-refractivity contribution < 1.29 is 9.47 Å². The molecule has 0 aromatic heterocycles. The maximum Gasteiger partial charge on any atom is 0.161 e. The van der Waals surface area contributed by atoms with Crippen LogP contribution in [0.3, 0.4) is 0 Å². The summed E-state index contributed by atoms with van der Waals surface area (Å²) in [7, 11) is 1.68. The number of rotatable bonds is 8. The summed E-state index contributed by atoms with van der Waals surface area (Å²) in [5.74, 6) is 2.10. The van der Waals surface area contributed by atoms with E-state index in [4.69, 9.17) is 9.47 Å². The zero-order valence-corrected chi connectivity index (χ0v) is 14.6. The molecule has 0 atom stereocenters. The Labute approximate surface area is 139 Å². The largest absolute Gasteiger partial charge is 0.493 e. The molecule has 0 radical (unpaired) electrons. The van der Waals surface area contributed by atoms with E-state index >= 15 is 0 Å². The molecule has 2 rings (SSSR count). The summed E-state index contributed by atoms with van der Waals surface area (Å²) in [5, 5.41) is 3.48. The number of nitrogens with one attached hydrogen (secondary N) is 1. The first-order valence-corrected chi connectivity index (χ1v) is 8.15. The summed E-state index contributed by atoms with van der Waals surface area (Å²) in [6, 6.07) is 14.6. The van der Waals surface area contributed by atoms with Crippen LogP contribution in [0.1, 0.15) is 30.5 Å². The van der Waals surface area contributed by atoms with Crippen molar-refractivity contribution >= 4 is 0 Å². The molecule has 3 heteroatoms. The van der Waals surface area contributed by atoms with Crippen LogP contribution < -0.4 is 14.8 Å². The molecule has 0 saturated heterocycles. The number of hydrogen-bond donors (Lipinski definition) is 1. The smallest absolute Gasteiger partial charge is 0.161 e. The van der Waals surface area contributed by atoms with Gasteiger partial charge in [0.25, 0.3) is 0 Å². The van der Waals surface area contributed by atoms with Gasteiger partial charge in [-0.15, -0.1) is 0 Å². The van der Waals surface area contributed by atoms with Gasteiger partial charge in [0, 0.05) is 13.1 Å². The second-order valence-corrected chi connectivity index (χ2v) is 6.22. The van der Waals surface area contributed by atoms with E-state index in [9.17, 15) is 0 Å². The summed E-state index contributed by atoms with van der Waals surface area (Å²) in [5.41, 5.74) is 3.83. The molecule has 0 aliphatic rings. The van der Waals surface area contributed by atoms with Gasteiger partial charge in [-0.1, -0.05) is 44.2 Å². The van der Waals surface area contributed by atoms with E-state index in [0.29, 0.717) is 12.5 Å². The van der Waals surface area contributed by atoms with Gasteiger partial charge in [-0.25, -0.2) is 0 Å². The Morgan fingerprint density at radius 3 is 2.48 bits per heavy atom. The number of hydrogen-bond acceptors (Lipinski definition) is 3. The number of ether oxygens (including phenoxy) is 2. The van der Waals surface area contributed by atoms with Crippen LogP contribution in [0, 0.1) is 12.8 Å². The molecule has 0 fully saturated rings. The molecule has 1 N–H and O–H groups in total. The zero-order chi connectivity index (χ0) is 16.7. The van der Waals surface area contributed by atoms with Gasteiger partial charge in [-0.3, -0.25) is 0 Å². The first-order valence-electron chi connectivity index (χ1n) is 8.15. The Balaban J connectivity index is 1.94. The van der Waals surface area contributed by atoms with E-state index in [1.165, 1.54) is 16.7 Å². The highest BCUT2D eigenvalue weighted by molar-refractivity contribution is 5.43. The van der Waals surface area contributed by atoms with Crippen LogP contribution in [0.4, 0.5) is 0 Å². The minimum Gasteiger partial charge on any atom is -0.493 e. The molecule has 0 aliphatic heterocycles. The molecule has 0 unspecified atom stereocenters. The lowest BCUT2D eigenvalue weighted by Crippen LogP contribution is -2.13. The van der Waals surface area contributed by atoms with Gasteiger partial charge in [0.1, 0.15) is 0 Å². The van der Waals surface area contributed by atoms with Crippen molar-refractivity contribution in [3.63, 3.8) is 0 Å². The highest BCUT2D eigenvalue weighted by Gasteiger charge is 2.07. The summed E-state index contributed by atoms with van der Waals surface area (Å²) >= 11 is 0. The van der Waals surface area contributed by atoms with Gasteiger partial charge < -0.3 is 14.8 Å². The van der Waals surface area contributed by atoms with Crippen molar-refractivity contribution in [2.24, 2.45) is 5.92 Å².